The molecule has 0 heterocycles. The summed E-state index contributed by atoms with van der Waals surface area (Å²) in [5.41, 5.74) is -1.40. The molecular weight excluding hydrogens is 373 g/mol. The Bertz CT molecular complexity index is 1040. The Kier molecular flexibility index (Phi) is 5.19. The summed E-state index contributed by atoms with van der Waals surface area (Å²) in [5.74, 6) is 0. The van der Waals surface area contributed by atoms with E-state index in [1.54, 1.807) is 18.2 Å². The molecule has 0 atom stereocenters. The van der Waals surface area contributed by atoms with Crippen molar-refractivity contribution >= 4 is 20.3 Å². The zero-order chi connectivity index (χ0) is 19.5. The first-order valence-electron chi connectivity index (χ1n) is 8.04. The first-order chi connectivity index (χ1) is 12.8. The Morgan fingerprint density at radius 1 is 0.630 bits per heavy atom. The topological polar surface area (TPSA) is 34.1 Å². The van der Waals surface area contributed by atoms with Crippen LogP contribution < -0.4 is 0 Å². The Labute approximate surface area is 155 Å². The molecule has 0 unspecified atom stereocenters. The summed E-state index contributed by atoms with van der Waals surface area (Å²) in [7, 11) is -4.43. The van der Waals surface area contributed by atoms with Crippen molar-refractivity contribution in [1.29, 1.82) is 0 Å². The van der Waals surface area contributed by atoms with Crippen LogP contribution in [0.15, 0.2) is 95.9 Å². The molecule has 0 amide bonds. The van der Waals surface area contributed by atoms with Gasteiger partial charge in [0.05, 0.1) is 15.4 Å². The Morgan fingerprint density at radius 2 is 1.04 bits per heavy atom. The highest BCUT2D eigenvalue weighted by Crippen LogP contribution is 2.43. The Morgan fingerprint density at radius 3 is 1.48 bits per heavy atom. The first-order valence-corrected chi connectivity index (χ1v) is 9.52. The minimum atomic E-state index is -4.87. The van der Waals surface area contributed by atoms with Gasteiger partial charge in [0.1, 0.15) is 0 Å². The van der Waals surface area contributed by atoms with Gasteiger partial charge in [0, 0.05) is 0 Å². The second-order valence-electron chi connectivity index (χ2n) is 5.75. The SMILES string of the molecule is O=S(=O)(/C(=C(\c1ccccc1)C(F)(F)F)c1ccccc1)c1ccccc1. The van der Waals surface area contributed by atoms with Crippen molar-refractivity contribution in [2.75, 3.05) is 0 Å². The lowest BCUT2D eigenvalue weighted by Gasteiger charge is -2.19. The molecule has 0 aliphatic heterocycles. The van der Waals surface area contributed by atoms with Crippen molar-refractivity contribution in [3.05, 3.63) is 102 Å². The van der Waals surface area contributed by atoms with Crippen LogP contribution in [0, 0.1) is 0 Å². The lowest BCUT2D eigenvalue weighted by atomic mass is 10.0. The summed E-state index contributed by atoms with van der Waals surface area (Å²) in [4.78, 5) is -0.950. The Hall–Kier alpha value is -2.86. The van der Waals surface area contributed by atoms with Crippen molar-refractivity contribution in [2.45, 2.75) is 11.1 Å². The molecule has 2 nitrogen and oxygen atoms in total. The molecular formula is C21H15F3O2S. The third kappa shape index (κ3) is 3.95. The molecule has 27 heavy (non-hydrogen) atoms. The number of benzene rings is 3. The molecule has 3 aromatic carbocycles. The van der Waals surface area contributed by atoms with Crippen LogP contribution in [0.5, 0.6) is 0 Å². The number of alkyl halides is 3. The summed E-state index contributed by atoms with van der Waals surface area (Å²) < 4.78 is 68.7. The predicted octanol–water partition coefficient (Wildman–Crippen LogP) is 5.59. The highest BCUT2D eigenvalue weighted by atomic mass is 32.2. The van der Waals surface area contributed by atoms with Gasteiger partial charge in [-0.25, -0.2) is 8.42 Å². The molecule has 0 aliphatic rings. The molecule has 0 aliphatic carbocycles. The van der Waals surface area contributed by atoms with Crippen molar-refractivity contribution in [2.24, 2.45) is 0 Å². The van der Waals surface area contributed by atoms with Crippen LogP contribution in [-0.2, 0) is 9.84 Å². The normalized spacial score (nSPS) is 13.1. The van der Waals surface area contributed by atoms with Gasteiger partial charge in [-0.2, -0.15) is 13.2 Å². The molecule has 138 valence electrons. The van der Waals surface area contributed by atoms with Crippen molar-refractivity contribution < 1.29 is 21.6 Å². The third-order valence-electron chi connectivity index (χ3n) is 3.93. The molecule has 6 heteroatoms. The maximum Gasteiger partial charge on any atom is 0.418 e. The zero-order valence-corrected chi connectivity index (χ0v) is 14.8. The van der Waals surface area contributed by atoms with Gasteiger partial charge >= 0.3 is 6.18 Å². The fraction of sp³-hybridized carbons (Fsp3) is 0.0476. The van der Waals surface area contributed by atoms with E-state index >= 15 is 0 Å². The molecule has 0 bridgehead atoms. The third-order valence-corrected chi connectivity index (χ3v) is 5.80. The van der Waals surface area contributed by atoms with Gasteiger partial charge in [0.2, 0.25) is 9.84 Å². The van der Waals surface area contributed by atoms with Crippen LogP contribution in [0.25, 0.3) is 10.5 Å². The number of allylic oxidation sites excluding steroid dienone is 1. The van der Waals surface area contributed by atoms with Gasteiger partial charge in [-0.1, -0.05) is 78.9 Å². The highest BCUT2D eigenvalue weighted by molar-refractivity contribution is 8.01. The van der Waals surface area contributed by atoms with Crippen molar-refractivity contribution in [1.82, 2.24) is 0 Å². The average molecular weight is 388 g/mol. The molecule has 3 aromatic rings. The molecule has 0 N–H and O–H groups in total. The van der Waals surface area contributed by atoms with Gasteiger partial charge in [-0.3, -0.25) is 0 Å². The van der Waals surface area contributed by atoms with E-state index in [1.807, 2.05) is 0 Å². The van der Waals surface area contributed by atoms with E-state index in [0.29, 0.717) is 0 Å². The van der Waals surface area contributed by atoms with E-state index in [9.17, 15) is 21.6 Å². The number of hydrogen-bond donors (Lipinski definition) is 0. The fourth-order valence-corrected chi connectivity index (χ4v) is 4.47. The van der Waals surface area contributed by atoms with Crippen LogP contribution in [0.2, 0.25) is 0 Å². The van der Waals surface area contributed by atoms with Gasteiger partial charge in [0.25, 0.3) is 0 Å². The summed E-state index contributed by atoms with van der Waals surface area (Å²) in [6.45, 7) is 0. The minimum absolute atomic E-state index is 0.0162. The van der Waals surface area contributed by atoms with Crippen LogP contribution in [0.4, 0.5) is 13.2 Å². The maximum absolute atomic E-state index is 14.1. The number of halogens is 3. The zero-order valence-electron chi connectivity index (χ0n) is 14.0. The van der Waals surface area contributed by atoms with E-state index < -0.39 is 26.5 Å². The molecule has 0 saturated carbocycles. The van der Waals surface area contributed by atoms with Crippen molar-refractivity contribution in [3.63, 3.8) is 0 Å². The highest BCUT2D eigenvalue weighted by Gasteiger charge is 2.41. The van der Waals surface area contributed by atoms with Gasteiger partial charge in [0.15, 0.2) is 0 Å². The van der Waals surface area contributed by atoms with Crippen LogP contribution in [-0.4, -0.2) is 14.6 Å². The first kappa shape index (κ1) is 18.9. The molecule has 0 spiro atoms. The standard InChI is InChI=1S/C21H15F3O2S/c22-21(23,24)19(16-10-4-1-5-11-16)20(17-12-6-2-7-13-17)27(25,26)18-14-8-3-9-15-18/h1-15H/b20-19+. The molecule has 0 aromatic heterocycles. The van der Waals surface area contributed by atoms with E-state index in [-0.39, 0.29) is 16.0 Å². The quantitative estimate of drug-likeness (QED) is 0.546. The number of sulfone groups is 1. The van der Waals surface area contributed by atoms with Gasteiger partial charge < -0.3 is 0 Å². The maximum atomic E-state index is 14.1. The fourth-order valence-electron chi connectivity index (χ4n) is 2.77. The van der Waals surface area contributed by atoms with Crippen LogP contribution in [0.3, 0.4) is 0 Å². The summed E-state index contributed by atoms with van der Waals surface area (Å²) in [6, 6.07) is 21.5. The molecule has 0 saturated heterocycles. The van der Waals surface area contributed by atoms with Crippen molar-refractivity contribution in [3.8, 4) is 0 Å². The van der Waals surface area contributed by atoms with Gasteiger partial charge in [-0.15, -0.1) is 0 Å². The second kappa shape index (κ2) is 7.40. The number of hydrogen-bond acceptors (Lipinski definition) is 2. The lowest BCUT2D eigenvalue weighted by molar-refractivity contribution is -0.0684. The second-order valence-corrected chi connectivity index (χ2v) is 7.64. The van der Waals surface area contributed by atoms with E-state index in [0.717, 1.165) is 0 Å². The minimum Gasteiger partial charge on any atom is -0.218 e. The number of rotatable bonds is 4. The summed E-state index contributed by atoms with van der Waals surface area (Å²) in [6.07, 6.45) is -4.87. The van der Waals surface area contributed by atoms with E-state index in [4.69, 9.17) is 0 Å². The molecule has 0 radical (unpaired) electrons. The lowest BCUT2D eigenvalue weighted by Crippen LogP contribution is -2.17. The van der Waals surface area contributed by atoms with E-state index in [1.165, 1.54) is 72.8 Å². The van der Waals surface area contributed by atoms with E-state index in [2.05, 4.69) is 0 Å². The largest absolute Gasteiger partial charge is 0.418 e. The summed E-state index contributed by atoms with van der Waals surface area (Å²) in [5, 5.41) is 0. The van der Waals surface area contributed by atoms with Crippen LogP contribution in [0.1, 0.15) is 11.1 Å². The average Bonchev–Trinajstić information content (AvgIpc) is 2.67. The Balaban J connectivity index is 2.44. The predicted molar refractivity (Wildman–Crippen MR) is 99.4 cm³/mol. The molecule has 3 rings (SSSR count). The molecule has 0 fully saturated rings. The van der Waals surface area contributed by atoms with Gasteiger partial charge in [-0.05, 0) is 23.3 Å². The monoisotopic (exact) mass is 388 g/mol. The summed E-state index contributed by atoms with van der Waals surface area (Å²) >= 11 is 0. The van der Waals surface area contributed by atoms with Crippen LogP contribution >= 0.6 is 0 Å². The smallest absolute Gasteiger partial charge is 0.218 e.